The summed E-state index contributed by atoms with van der Waals surface area (Å²) in [5.41, 5.74) is 0. The van der Waals surface area contributed by atoms with Crippen LogP contribution >= 0.6 is 0 Å². The number of hydrogen-bond donors (Lipinski definition) is 1. The van der Waals surface area contributed by atoms with E-state index >= 15 is 0 Å². The molecule has 0 aromatic rings. The van der Waals surface area contributed by atoms with E-state index in [2.05, 4.69) is 15.8 Å². The summed E-state index contributed by atoms with van der Waals surface area (Å²) in [6, 6.07) is 0. The van der Waals surface area contributed by atoms with Crippen LogP contribution in [0.15, 0.2) is 0 Å². The molecular formula is C18H36O6S. The van der Waals surface area contributed by atoms with Crippen molar-refractivity contribution in [2.45, 2.75) is 95.3 Å². The fourth-order valence-electron chi connectivity index (χ4n) is 2.87. The lowest BCUT2D eigenvalue weighted by Gasteiger charge is -2.22. The minimum absolute atomic E-state index is 0.260. The van der Waals surface area contributed by atoms with Gasteiger partial charge < -0.3 is 9.84 Å². The summed E-state index contributed by atoms with van der Waals surface area (Å²) in [6.07, 6.45) is 8.78. The Morgan fingerprint density at radius 2 is 1.48 bits per heavy atom. The Balaban J connectivity index is 4.27. The molecule has 0 rings (SSSR count). The molecule has 0 fully saturated rings. The highest BCUT2D eigenvalue weighted by Crippen LogP contribution is 2.21. The average Bonchev–Trinajstić information content (AvgIpc) is 2.60. The highest BCUT2D eigenvalue weighted by Gasteiger charge is 2.31. The normalized spacial score (nSPS) is 14.2. The monoisotopic (exact) mass is 380 g/mol. The first kappa shape index (κ1) is 24.3. The van der Waals surface area contributed by atoms with Gasteiger partial charge in [0.05, 0.1) is 20.3 Å². The molecule has 0 aliphatic rings. The number of hydrogen-bond acceptors (Lipinski definition) is 6. The zero-order valence-corrected chi connectivity index (χ0v) is 16.9. The van der Waals surface area contributed by atoms with Crippen LogP contribution in [-0.4, -0.2) is 45.1 Å². The minimum atomic E-state index is -3.76. The summed E-state index contributed by atoms with van der Waals surface area (Å²) < 4.78 is 33.4. The Bertz CT molecular complexity index is 435. The summed E-state index contributed by atoms with van der Waals surface area (Å²) in [5.74, 6) is -0.260. The number of methoxy groups -OCH3 is 1. The minimum Gasteiger partial charge on any atom is -0.469 e. The number of unbranched alkanes of at least 4 members (excludes halogenated alkanes) is 7. The Kier molecular flexibility index (Phi) is 14.1. The molecule has 0 heterocycles. The summed E-state index contributed by atoms with van der Waals surface area (Å²) in [5, 5.41) is 9.43. The molecule has 25 heavy (non-hydrogen) atoms. The van der Waals surface area contributed by atoms with E-state index in [0.29, 0.717) is 38.5 Å². The fraction of sp³-hybridized carbons (Fsp3) is 0.944. The summed E-state index contributed by atoms with van der Waals surface area (Å²) in [7, 11) is -1.28. The van der Waals surface area contributed by atoms with Gasteiger partial charge in [0.25, 0.3) is 10.1 Å². The second-order valence-corrected chi connectivity index (χ2v) is 8.42. The Labute approximate surface area is 153 Å². The number of carbonyl (C=O) groups is 1. The van der Waals surface area contributed by atoms with Crippen LogP contribution in [0.1, 0.15) is 84.0 Å². The number of aliphatic hydroxyl groups is 1. The van der Waals surface area contributed by atoms with Gasteiger partial charge in [0.1, 0.15) is 5.25 Å². The maximum atomic E-state index is 12.1. The van der Waals surface area contributed by atoms with Gasteiger partial charge in [0.15, 0.2) is 0 Å². The highest BCUT2D eigenvalue weighted by molar-refractivity contribution is 7.87. The molecule has 2 atom stereocenters. The van der Waals surface area contributed by atoms with Gasteiger partial charge in [-0.2, -0.15) is 8.42 Å². The molecule has 6 nitrogen and oxygen atoms in total. The second-order valence-electron chi connectivity index (χ2n) is 6.50. The maximum Gasteiger partial charge on any atom is 0.305 e. The topological polar surface area (TPSA) is 89.9 Å². The van der Waals surface area contributed by atoms with Crippen molar-refractivity contribution in [1.29, 1.82) is 0 Å². The third-order valence-electron chi connectivity index (χ3n) is 4.48. The van der Waals surface area contributed by atoms with Crippen LogP contribution < -0.4 is 0 Å². The summed E-state index contributed by atoms with van der Waals surface area (Å²) in [4.78, 5) is 11.1. The third kappa shape index (κ3) is 11.5. The van der Waals surface area contributed by atoms with Gasteiger partial charge in [-0.1, -0.05) is 58.3 Å². The van der Waals surface area contributed by atoms with Gasteiger partial charge in [-0.15, -0.1) is 0 Å². The van der Waals surface area contributed by atoms with E-state index in [4.69, 9.17) is 0 Å². The van der Waals surface area contributed by atoms with E-state index in [9.17, 15) is 18.3 Å². The van der Waals surface area contributed by atoms with Crippen LogP contribution in [0.25, 0.3) is 0 Å². The molecular weight excluding hydrogens is 344 g/mol. The summed E-state index contributed by atoms with van der Waals surface area (Å²) in [6.45, 7) is 2.16. The molecule has 7 heteroatoms. The zero-order chi connectivity index (χ0) is 19.1. The van der Waals surface area contributed by atoms with Crippen LogP contribution in [0.4, 0.5) is 0 Å². The molecule has 0 radical (unpaired) electrons. The molecule has 0 aliphatic heterocycles. The predicted molar refractivity (Wildman–Crippen MR) is 98.8 cm³/mol. The van der Waals surface area contributed by atoms with Crippen molar-refractivity contribution in [2.24, 2.45) is 0 Å². The fourth-order valence-corrected chi connectivity index (χ4v) is 4.09. The van der Waals surface area contributed by atoms with Crippen molar-refractivity contribution in [2.75, 3.05) is 14.2 Å². The smallest absolute Gasteiger partial charge is 0.305 e. The molecule has 0 aromatic heterocycles. The second kappa shape index (κ2) is 14.5. The van der Waals surface area contributed by atoms with E-state index in [1.807, 2.05) is 0 Å². The van der Waals surface area contributed by atoms with Crippen LogP contribution in [0.2, 0.25) is 0 Å². The van der Waals surface area contributed by atoms with Gasteiger partial charge in [-0.05, 0) is 19.3 Å². The molecule has 0 aromatic carbocycles. The maximum absolute atomic E-state index is 12.1. The molecule has 0 bridgehead atoms. The van der Waals surface area contributed by atoms with Crippen LogP contribution in [0, 0.1) is 0 Å². The quantitative estimate of drug-likeness (QED) is 0.250. The first-order valence-electron chi connectivity index (χ1n) is 9.43. The molecule has 1 N–H and O–H groups in total. The van der Waals surface area contributed by atoms with Crippen LogP contribution in [0.3, 0.4) is 0 Å². The number of carbonyl (C=O) groups excluding carboxylic acids is 1. The first-order valence-corrected chi connectivity index (χ1v) is 10.9. The molecule has 0 saturated carbocycles. The number of rotatable bonds is 16. The SMILES string of the molecule is CCCCCCCCC(O)C(CCCCCC(=O)OC)S(=O)(=O)OC. The van der Waals surface area contributed by atoms with E-state index < -0.39 is 21.5 Å². The van der Waals surface area contributed by atoms with Crippen LogP contribution in [0.5, 0.6) is 0 Å². The summed E-state index contributed by atoms with van der Waals surface area (Å²) >= 11 is 0. The Hall–Kier alpha value is -0.660. The largest absolute Gasteiger partial charge is 0.469 e. The van der Waals surface area contributed by atoms with E-state index in [0.717, 1.165) is 26.4 Å². The van der Waals surface area contributed by atoms with Crippen molar-refractivity contribution in [3.8, 4) is 0 Å². The van der Waals surface area contributed by atoms with Gasteiger partial charge in [0, 0.05) is 6.42 Å². The average molecular weight is 381 g/mol. The molecule has 2 unspecified atom stereocenters. The number of aliphatic hydroxyl groups excluding tert-OH is 1. The van der Waals surface area contributed by atoms with Crippen LogP contribution in [-0.2, 0) is 23.8 Å². The van der Waals surface area contributed by atoms with E-state index in [1.54, 1.807) is 0 Å². The first-order chi connectivity index (χ1) is 11.9. The molecule has 0 saturated heterocycles. The molecule has 0 aliphatic carbocycles. The Morgan fingerprint density at radius 3 is 2.08 bits per heavy atom. The molecule has 0 spiro atoms. The lowest BCUT2D eigenvalue weighted by atomic mass is 10.0. The van der Waals surface area contributed by atoms with Crippen molar-refractivity contribution in [1.82, 2.24) is 0 Å². The lowest BCUT2D eigenvalue weighted by Crippen LogP contribution is -2.35. The lowest BCUT2D eigenvalue weighted by molar-refractivity contribution is -0.140. The Morgan fingerprint density at radius 1 is 0.920 bits per heavy atom. The standard InChI is InChI=1S/C18H36O6S/c1-4-5-6-7-8-10-13-16(19)17(25(21,22)24-3)14-11-9-12-15-18(20)23-2/h16-17,19H,4-15H2,1-3H3. The van der Waals surface area contributed by atoms with Crippen molar-refractivity contribution >= 4 is 16.1 Å². The van der Waals surface area contributed by atoms with Crippen molar-refractivity contribution in [3.63, 3.8) is 0 Å². The van der Waals surface area contributed by atoms with E-state index in [1.165, 1.54) is 26.4 Å². The van der Waals surface area contributed by atoms with Gasteiger partial charge >= 0.3 is 5.97 Å². The zero-order valence-electron chi connectivity index (χ0n) is 16.0. The van der Waals surface area contributed by atoms with Gasteiger partial charge in [-0.3, -0.25) is 8.98 Å². The predicted octanol–water partition coefficient (Wildman–Crippen LogP) is 3.57. The highest BCUT2D eigenvalue weighted by atomic mass is 32.2. The van der Waals surface area contributed by atoms with Crippen molar-refractivity contribution in [3.05, 3.63) is 0 Å². The van der Waals surface area contributed by atoms with E-state index in [-0.39, 0.29) is 5.97 Å². The number of esters is 1. The number of ether oxygens (including phenoxy) is 1. The van der Waals surface area contributed by atoms with Crippen molar-refractivity contribution < 1.29 is 27.2 Å². The molecule has 0 amide bonds. The third-order valence-corrected chi connectivity index (χ3v) is 6.24. The van der Waals surface area contributed by atoms with Gasteiger partial charge in [-0.25, -0.2) is 0 Å². The van der Waals surface area contributed by atoms with Gasteiger partial charge in [0.2, 0.25) is 0 Å². The molecule has 150 valence electrons.